The highest BCUT2D eigenvalue weighted by Gasteiger charge is 2.23. The van der Waals surface area contributed by atoms with Crippen molar-refractivity contribution in [3.8, 4) is 11.4 Å². The lowest BCUT2D eigenvalue weighted by Crippen LogP contribution is -2.18. The lowest BCUT2D eigenvalue weighted by Gasteiger charge is -2.15. The Hall–Kier alpha value is -3.13. The number of methoxy groups -OCH3 is 1. The van der Waals surface area contributed by atoms with Crippen LogP contribution >= 0.6 is 11.8 Å². The number of aromatic nitrogens is 5. The number of hydrogen-bond acceptors (Lipinski definition) is 6. The van der Waals surface area contributed by atoms with Gasteiger partial charge in [0.2, 0.25) is 11.1 Å². The Kier molecular flexibility index (Phi) is 5.00. The van der Waals surface area contributed by atoms with E-state index in [-0.39, 0.29) is 11.7 Å². The number of ether oxygens (including phenoxy) is 1. The molecule has 2 aromatic carbocycles. The summed E-state index contributed by atoms with van der Waals surface area (Å²) >= 11 is 1.35. The number of rotatable bonds is 5. The Bertz CT molecular complexity index is 1210. The van der Waals surface area contributed by atoms with Gasteiger partial charge in [-0.25, -0.2) is 0 Å². The number of hydrogen-bond donors (Lipinski definition) is 0. The molecule has 1 aliphatic rings. The van der Waals surface area contributed by atoms with Gasteiger partial charge in [0.15, 0.2) is 0 Å². The predicted octanol–water partition coefficient (Wildman–Crippen LogP) is 3.94. The lowest BCUT2D eigenvalue weighted by molar-refractivity contribution is 0.0943. The minimum absolute atomic E-state index is 0.0589. The number of aryl methyl sites for hydroxylation is 1. The average molecular weight is 420 g/mol. The third-order valence-electron chi connectivity index (χ3n) is 5.51. The first-order valence-electron chi connectivity index (χ1n) is 9.96. The van der Waals surface area contributed by atoms with Crippen LogP contribution in [-0.4, -0.2) is 43.5 Å². The van der Waals surface area contributed by atoms with Crippen molar-refractivity contribution in [2.24, 2.45) is 0 Å². The highest BCUT2D eigenvalue weighted by Crippen LogP contribution is 2.32. The van der Waals surface area contributed by atoms with Crippen LogP contribution in [0.2, 0.25) is 0 Å². The minimum Gasteiger partial charge on any atom is -0.497 e. The molecular formula is C22H21N5O2S. The number of fused-ring (bicyclic) bond motifs is 3. The smallest absolute Gasteiger partial charge is 0.241 e. The van der Waals surface area contributed by atoms with Crippen molar-refractivity contribution in [1.82, 2.24) is 24.8 Å². The zero-order valence-corrected chi connectivity index (χ0v) is 17.4. The van der Waals surface area contributed by atoms with Crippen molar-refractivity contribution in [3.05, 3.63) is 59.8 Å². The molecule has 30 heavy (non-hydrogen) atoms. The first-order chi connectivity index (χ1) is 14.8. The van der Waals surface area contributed by atoms with Crippen molar-refractivity contribution >= 4 is 28.6 Å². The number of para-hydroxylation sites is 1. The Labute approximate surface area is 178 Å². The number of thioether (sulfide) groups is 1. The topological polar surface area (TPSA) is 74.8 Å². The Morgan fingerprint density at radius 1 is 1.10 bits per heavy atom. The van der Waals surface area contributed by atoms with Gasteiger partial charge in [-0.05, 0) is 72.0 Å². The molecule has 152 valence electrons. The lowest BCUT2D eigenvalue weighted by atomic mass is 9.96. The molecule has 0 aliphatic heterocycles. The van der Waals surface area contributed by atoms with Crippen LogP contribution in [0.25, 0.3) is 16.6 Å². The highest BCUT2D eigenvalue weighted by molar-refractivity contribution is 7.99. The van der Waals surface area contributed by atoms with Crippen LogP contribution in [0.5, 0.6) is 5.75 Å². The molecule has 0 fully saturated rings. The fourth-order valence-corrected chi connectivity index (χ4v) is 4.87. The monoisotopic (exact) mass is 419 g/mol. The Morgan fingerprint density at radius 3 is 2.73 bits per heavy atom. The van der Waals surface area contributed by atoms with E-state index in [1.807, 2.05) is 47.0 Å². The summed E-state index contributed by atoms with van der Waals surface area (Å²) in [5.41, 5.74) is 4.32. The number of carbonyl (C=O) groups excluding carboxylic acids is 1. The summed E-state index contributed by atoms with van der Waals surface area (Å²) < 4.78 is 8.76. The molecule has 0 saturated carbocycles. The molecular weight excluding hydrogens is 398 g/mol. The van der Waals surface area contributed by atoms with Gasteiger partial charge in [-0.1, -0.05) is 30.0 Å². The normalized spacial score (nSPS) is 13.4. The van der Waals surface area contributed by atoms with Gasteiger partial charge in [-0.15, -0.1) is 5.10 Å². The van der Waals surface area contributed by atoms with Crippen LogP contribution in [0.15, 0.2) is 53.7 Å². The second-order valence-electron chi connectivity index (χ2n) is 7.24. The summed E-state index contributed by atoms with van der Waals surface area (Å²) in [6.45, 7) is 0. The number of benzene rings is 2. The molecule has 0 saturated heterocycles. The highest BCUT2D eigenvalue weighted by atomic mass is 32.2. The standard InChI is InChI=1S/C22H21N5O2S/c1-29-16-12-10-15(11-13-16)27-22(23-24-25-27)30-14-21(28)26-19-8-4-2-6-17(19)18-7-3-5-9-20(18)26/h2,4,6,8,10-13H,3,5,7,9,14H2,1H3. The molecule has 7 nitrogen and oxygen atoms in total. The molecule has 0 N–H and O–H groups in total. The van der Waals surface area contributed by atoms with Crippen LogP contribution < -0.4 is 4.74 Å². The van der Waals surface area contributed by atoms with Crippen LogP contribution in [0.1, 0.15) is 28.9 Å². The largest absolute Gasteiger partial charge is 0.497 e. The van der Waals surface area contributed by atoms with Gasteiger partial charge in [0.05, 0.1) is 24.1 Å². The van der Waals surface area contributed by atoms with E-state index in [0.717, 1.165) is 36.2 Å². The van der Waals surface area contributed by atoms with Gasteiger partial charge < -0.3 is 4.74 Å². The van der Waals surface area contributed by atoms with E-state index in [9.17, 15) is 4.79 Å². The zero-order valence-electron chi connectivity index (χ0n) is 16.6. The summed E-state index contributed by atoms with van der Waals surface area (Å²) in [5.74, 6) is 1.09. The van der Waals surface area contributed by atoms with E-state index in [1.165, 1.54) is 34.8 Å². The van der Waals surface area contributed by atoms with E-state index in [2.05, 4.69) is 21.6 Å². The van der Waals surface area contributed by atoms with Crippen molar-refractivity contribution in [2.75, 3.05) is 12.9 Å². The average Bonchev–Trinajstić information content (AvgIpc) is 3.40. The summed E-state index contributed by atoms with van der Waals surface area (Å²) in [7, 11) is 1.63. The molecule has 8 heteroatoms. The molecule has 4 aromatic rings. The third kappa shape index (κ3) is 3.27. The van der Waals surface area contributed by atoms with Crippen molar-refractivity contribution in [3.63, 3.8) is 0 Å². The van der Waals surface area contributed by atoms with Crippen molar-refractivity contribution < 1.29 is 9.53 Å². The van der Waals surface area contributed by atoms with Gasteiger partial charge in [-0.3, -0.25) is 9.36 Å². The molecule has 0 radical (unpaired) electrons. The maximum absolute atomic E-state index is 13.3. The molecule has 0 bridgehead atoms. The minimum atomic E-state index is 0.0589. The van der Waals surface area contributed by atoms with Gasteiger partial charge in [0.1, 0.15) is 5.75 Å². The quantitative estimate of drug-likeness (QED) is 0.456. The van der Waals surface area contributed by atoms with Crippen molar-refractivity contribution in [1.29, 1.82) is 0 Å². The van der Waals surface area contributed by atoms with Gasteiger partial charge >= 0.3 is 0 Å². The van der Waals surface area contributed by atoms with Crippen LogP contribution in [0, 0.1) is 0 Å². The Balaban J connectivity index is 1.41. The number of nitrogens with zero attached hydrogens (tertiary/aromatic N) is 5. The van der Waals surface area contributed by atoms with Crippen LogP contribution in [0.4, 0.5) is 0 Å². The molecule has 1 aliphatic carbocycles. The first kappa shape index (κ1) is 18.9. The van der Waals surface area contributed by atoms with Crippen LogP contribution in [0.3, 0.4) is 0 Å². The molecule has 0 amide bonds. The number of carbonyl (C=O) groups is 1. The van der Waals surface area contributed by atoms with Gasteiger partial charge in [-0.2, -0.15) is 4.68 Å². The second kappa shape index (κ2) is 7.95. The summed E-state index contributed by atoms with van der Waals surface area (Å²) in [4.78, 5) is 13.3. The van der Waals surface area contributed by atoms with E-state index in [0.29, 0.717) is 5.16 Å². The number of tetrazole rings is 1. The molecule has 0 spiro atoms. The summed E-state index contributed by atoms with van der Waals surface area (Å²) in [6, 6.07) is 15.7. The molecule has 5 rings (SSSR count). The summed E-state index contributed by atoms with van der Waals surface area (Å²) in [6.07, 6.45) is 4.29. The van der Waals surface area contributed by atoms with Gasteiger partial charge in [0.25, 0.3) is 0 Å². The second-order valence-corrected chi connectivity index (χ2v) is 8.18. The van der Waals surface area contributed by atoms with E-state index >= 15 is 0 Å². The molecule has 0 unspecified atom stereocenters. The fourth-order valence-electron chi connectivity index (χ4n) is 4.13. The third-order valence-corrected chi connectivity index (χ3v) is 6.41. The Morgan fingerprint density at radius 2 is 1.90 bits per heavy atom. The fraction of sp³-hybridized carbons (Fsp3) is 0.273. The van der Waals surface area contributed by atoms with Crippen LogP contribution in [-0.2, 0) is 12.8 Å². The predicted molar refractivity (Wildman–Crippen MR) is 116 cm³/mol. The van der Waals surface area contributed by atoms with Crippen molar-refractivity contribution in [2.45, 2.75) is 30.8 Å². The summed E-state index contributed by atoms with van der Waals surface area (Å²) in [5, 5.41) is 13.8. The SMILES string of the molecule is COc1ccc(-n2nnnc2SCC(=O)n2c3c(c4ccccc42)CCCC3)cc1. The molecule has 2 aromatic heterocycles. The first-order valence-corrected chi connectivity index (χ1v) is 10.9. The molecule has 2 heterocycles. The molecule has 0 atom stereocenters. The zero-order chi connectivity index (χ0) is 20.5. The van der Waals surface area contributed by atoms with E-state index < -0.39 is 0 Å². The maximum atomic E-state index is 13.3. The maximum Gasteiger partial charge on any atom is 0.241 e. The van der Waals surface area contributed by atoms with E-state index in [4.69, 9.17) is 4.74 Å². The van der Waals surface area contributed by atoms with E-state index in [1.54, 1.807) is 11.8 Å². The van der Waals surface area contributed by atoms with Gasteiger partial charge in [0, 0.05) is 11.1 Å².